The summed E-state index contributed by atoms with van der Waals surface area (Å²) in [6, 6.07) is 5.85. The third-order valence-electron chi connectivity index (χ3n) is 2.32. The third-order valence-corrected chi connectivity index (χ3v) is 2.95. The Morgan fingerprint density at radius 2 is 1.95 bits per heavy atom. The Morgan fingerprint density at radius 1 is 1.32 bits per heavy atom. The summed E-state index contributed by atoms with van der Waals surface area (Å²) >= 11 is 11.8. The lowest BCUT2D eigenvalue weighted by molar-refractivity contribution is -0.384. The second-order valence-corrected chi connectivity index (χ2v) is 4.42. The van der Waals surface area contributed by atoms with E-state index in [0.717, 1.165) is 0 Å². The molecule has 6 nitrogen and oxygen atoms in total. The van der Waals surface area contributed by atoms with Crippen LogP contribution < -0.4 is 11.1 Å². The predicted molar refractivity (Wildman–Crippen MR) is 75.0 cm³/mol. The lowest BCUT2D eigenvalue weighted by atomic mass is 10.2. The van der Waals surface area contributed by atoms with E-state index in [-0.39, 0.29) is 27.2 Å². The second-order valence-electron chi connectivity index (χ2n) is 3.61. The van der Waals surface area contributed by atoms with E-state index >= 15 is 0 Å². The zero-order valence-corrected chi connectivity index (χ0v) is 10.9. The summed E-state index contributed by atoms with van der Waals surface area (Å²) in [7, 11) is 0. The van der Waals surface area contributed by atoms with Crippen LogP contribution in [0.5, 0.6) is 0 Å². The Bertz CT molecular complexity index is 625. The molecule has 1 aromatic heterocycles. The Morgan fingerprint density at radius 3 is 2.53 bits per heavy atom. The van der Waals surface area contributed by atoms with Gasteiger partial charge in [0.1, 0.15) is 0 Å². The van der Waals surface area contributed by atoms with Crippen LogP contribution in [0.4, 0.5) is 22.9 Å². The first-order valence-electron chi connectivity index (χ1n) is 5.10. The number of hydrogen-bond donors (Lipinski definition) is 2. The van der Waals surface area contributed by atoms with Crippen LogP contribution in [0.1, 0.15) is 0 Å². The van der Waals surface area contributed by atoms with E-state index in [1.165, 1.54) is 30.5 Å². The summed E-state index contributed by atoms with van der Waals surface area (Å²) in [6.07, 6.45) is 1.44. The maximum Gasteiger partial charge on any atom is 0.311 e. The molecule has 1 heterocycles. The molecule has 0 aliphatic heterocycles. The van der Waals surface area contributed by atoms with Gasteiger partial charge in [-0.15, -0.1) is 0 Å². The molecule has 0 bridgehead atoms. The number of nitro groups is 1. The summed E-state index contributed by atoms with van der Waals surface area (Å²) in [4.78, 5) is 14.2. The molecule has 0 spiro atoms. The van der Waals surface area contributed by atoms with Crippen LogP contribution in [0.25, 0.3) is 0 Å². The van der Waals surface area contributed by atoms with Gasteiger partial charge in [-0.3, -0.25) is 10.1 Å². The first-order valence-corrected chi connectivity index (χ1v) is 5.85. The number of benzene rings is 1. The van der Waals surface area contributed by atoms with Crippen LogP contribution in [0.3, 0.4) is 0 Å². The minimum Gasteiger partial charge on any atom is -0.396 e. The molecule has 0 saturated heterocycles. The van der Waals surface area contributed by atoms with Gasteiger partial charge >= 0.3 is 5.69 Å². The molecule has 0 unspecified atom stereocenters. The number of rotatable bonds is 3. The smallest absolute Gasteiger partial charge is 0.311 e. The van der Waals surface area contributed by atoms with Crippen LogP contribution in [-0.2, 0) is 0 Å². The molecule has 0 aliphatic carbocycles. The highest BCUT2D eigenvalue weighted by Crippen LogP contribution is 2.33. The van der Waals surface area contributed by atoms with Crippen molar-refractivity contribution < 1.29 is 4.92 Å². The normalized spacial score (nSPS) is 10.2. The SMILES string of the molecule is Nc1c(Cl)cc(Nc2ncccc2[N+](=O)[O-])cc1Cl. The van der Waals surface area contributed by atoms with E-state index in [4.69, 9.17) is 28.9 Å². The van der Waals surface area contributed by atoms with Gasteiger partial charge < -0.3 is 11.1 Å². The van der Waals surface area contributed by atoms with Crippen molar-refractivity contribution in [2.75, 3.05) is 11.1 Å². The monoisotopic (exact) mass is 298 g/mol. The fourth-order valence-corrected chi connectivity index (χ4v) is 1.92. The van der Waals surface area contributed by atoms with E-state index < -0.39 is 4.92 Å². The Hall–Kier alpha value is -2.05. The number of aromatic nitrogens is 1. The summed E-state index contributed by atoms with van der Waals surface area (Å²) in [5.41, 5.74) is 6.18. The molecule has 0 aliphatic rings. The Labute approximate surface area is 118 Å². The van der Waals surface area contributed by atoms with Gasteiger partial charge in [0.15, 0.2) is 0 Å². The number of nitrogen functional groups attached to an aromatic ring is 1. The van der Waals surface area contributed by atoms with Crippen molar-refractivity contribution >= 4 is 46.1 Å². The highest BCUT2D eigenvalue weighted by molar-refractivity contribution is 6.39. The van der Waals surface area contributed by atoms with E-state index in [0.29, 0.717) is 5.69 Å². The van der Waals surface area contributed by atoms with Gasteiger partial charge in [-0.05, 0) is 18.2 Å². The van der Waals surface area contributed by atoms with Crippen molar-refractivity contribution in [2.24, 2.45) is 0 Å². The first-order chi connectivity index (χ1) is 8.99. The maximum absolute atomic E-state index is 10.9. The zero-order chi connectivity index (χ0) is 14.0. The molecule has 0 atom stereocenters. The summed E-state index contributed by atoms with van der Waals surface area (Å²) < 4.78 is 0. The minimum atomic E-state index is -0.532. The van der Waals surface area contributed by atoms with E-state index in [1.54, 1.807) is 0 Å². The Balaban J connectivity index is 2.39. The lowest BCUT2D eigenvalue weighted by Gasteiger charge is -2.08. The summed E-state index contributed by atoms with van der Waals surface area (Å²) in [6.45, 7) is 0. The van der Waals surface area contributed by atoms with Crippen LogP contribution >= 0.6 is 23.2 Å². The van der Waals surface area contributed by atoms with E-state index in [1.807, 2.05) is 0 Å². The molecule has 0 fully saturated rings. The molecule has 1 aromatic carbocycles. The third kappa shape index (κ3) is 2.86. The number of anilines is 3. The standard InChI is InChI=1S/C11H8Cl2N4O2/c12-7-4-6(5-8(13)10(7)14)16-11-9(17(18)19)2-1-3-15-11/h1-5H,14H2,(H,15,16). The van der Waals surface area contributed by atoms with Crippen LogP contribution in [-0.4, -0.2) is 9.91 Å². The highest BCUT2D eigenvalue weighted by Gasteiger charge is 2.15. The second kappa shape index (κ2) is 5.29. The van der Waals surface area contributed by atoms with Crippen molar-refractivity contribution in [3.05, 3.63) is 50.6 Å². The number of pyridine rings is 1. The number of hydrogen-bond acceptors (Lipinski definition) is 5. The molecule has 2 rings (SSSR count). The van der Waals surface area contributed by atoms with Crippen molar-refractivity contribution in [3.63, 3.8) is 0 Å². The highest BCUT2D eigenvalue weighted by atomic mass is 35.5. The number of nitrogens with one attached hydrogen (secondary N) is 1. The maximum atomic E-state index is 10.9. The Kier molecular flexibility index (Phi) is 3.73. The average Bonchev–Trinajstić information content (AvgIpc) is 2.36. The van der Waals surface area contributed by atoms with E-state index in [9.17, 15) is 10.1 Å². The summed E-state index contributed by atoms with van der Waals surface area (Å²) in [5, 5.41) is 14.2. The first kappa shape index (κ1) is 13.4. The summed E-state index contributed by atoms with van der Waals surface area (Å²) in [5.74, 6) is 0.101. The van der Waals surface area contributed by atoms with Gasteiger partial charge in [-0.25, -0.2) is 4.98 Å². The van der Waals surface area contributed by atoms with Crippen molar-refractivity contribution in [1.29, 1.82) is 0 Å². The lowest BCUT2D eigenvalue weighted by Crippen LogP contribution is -2.00. The molecule has 0 saturated carbocycles. The molecule has 0 amide bonds. The molecular formula is C11H8Cl2N4O2. The molecule has 8 heteroatoms. The minimum absolute atomic E-state index is 0.101. The molecule has 0 radical (unpaired) electrons. The number of halogens is 2. The van der Waals surface area contributed by atoms with Crippen LogP contribution in [0, 0.1) is 10.1 Å². The van der Waals surface area contributed by atoms with Crippen molar-refractivity contribution in [2.45, 2.75) is 0 Å². The van der Waals surface area contributed by atoms with Crippen molar-refractivity contribution in [3.8, 4) is 0 Å². The van der Waals surface area contributed by atoms with Gasteiger partial charge in [-0.2, -0.15) is 0 Å². The largest absolute Gasteiger partial charge is 0.396 e. The zero-order valence-electron chi connectivity index (χ0n) is 9.43. The van der Waals surface area contributed by atoms with Crippen molar-refractivity contribution in [1.82, 2.24) is 4.98 Å². The number of nitrogens with two attached hydrogens (primary N) is 1. The topological polar surface area (TPSA) is 94.1 Å². The predicted octanol–water partition coefficient (Wildman–Crippen LogP) is 3.62. The number of nitrogens with zero attached hydrogens (tertiary/aromatic N) is 2. The van der Waals surface area contributed by atoms with Gasteiger partial charge in [-0.1, -0.05) is 23.2 Å². The quantitative estimate of drug-likeness (QED) is 0.513. The van der Waals surface area contributed by atoms with Gasteiger partial charge in [0.25, 0.3) is 0 Å². The average molecular weight is 299 g/mol. The molecule has 2 aromatic rings. The molecular weight excluding hydrogens is 291 g/mol. The molecule has 19 heavy (non-hydrogen) atoms. The molecule has 98 valence electrons. The van der Waals surface area contributed by atoms with Crippen LogP contribution in [0.2, 0.25) is 10.0 Å². The van der Waals surface area contributed by atoms with Gasteiger partial charge in [0.2, 0.25) is 5.82 Å². The van der Waals surface area contributed by atoms with Crippen LogP contribution in [0.15, 0.2) is 30.5 Å². The van der Waals surface area contributed by atoms with Gasteiger partial charge in [0.05, 0.1) is 20.7 Å². The van der Waals surface area contributed by atoms with E-state index in [2.05, 4.69) is 10.3 Å². The molecule has 3 N–H and O–H groups in total. The van der Waals surface area contributed by atoms with Gasteiger partial charge in [0, 0.05) is 18.0 Å². The fourth-order valence-electron chi connectivity index (χ4n) is 1.43. The fraction of sp³-hybridized carbons (Fsp3) is 0.